The SMILES string of the molecule is CCN(C)CCN(C)O. The molecule has 0 atom stereocenters. The van der Waals surface area contributed by atoms with Gasteiger partial charge in [0.15, 0.2) is 0 Å². The van der Waals surface area contributed by atoms with Crippen LogP contribution in [0.1, 0.15) is 6.92 Å². The smallest absolute Gasteiger partial charge is 0.0362 e. The van der Waals surface area contributed by atoms with E-state index in [9.17, 15) is 0 Å². The van der Waals surface area contributed by atoms with Gasteiger partial charge in [-0.1, -0.05) is 6.92 Å². The number of hydrogen-bond donors (Lipinski definition) is 1. The summed E-state index contributed by atoms with van der Waals surface area (Å²) in [4.78, 5) is 2.15. The fourth-order valence-corrected chi connectivity index (χ4v) is 0.474. The quantitative estimate of drug-likeness (QED) is 0.556. The summed E-state index contributed by atoms with van der Waals surface area (Å²) in [5.41, 5.74) is 0. The molecule has 0 bridgehead atoms. The Hall–Kier alpha value is -0.120. The summed E-state index contributed by atoms with van der Waals surface area (Å²) in [5, 5.41) is 9.90. The van der Waals surface area contributed by atoms with Gasteiger partial charge in [0, 0.05) is 20.1 Å². The molecule has 0 fully saturated rings. The molecule has 1 N–H and O–H groups in total. The van der Waals surface area contributed by atoms with Crippen LogP contribution in [0, 0.1) is 0 Å². The van der Waals surface area contributed by atoms with E-state index in [4.69, 9.17) is 5.21 Å². The first kappa shape index (κ1) is 8.88. The van der Waals surface area contributed by atoms with Gasteiger partial charge in [0.05, 0.1) is 0 Å². The fraction of sp³-hybridized carbons (Fsp3) is 1.00. The van der Waals surface area contributed by atoms with Crippen molar-refractivity contribution < 1.29 is 5.21 Å². The third kappa shape index (κ3) is 5.76. The lowest BCUT2D eigenvalue weighted by Crippen LogP contribution is -2.28. The summed E-state index contributed by atoms with van der Waals surface area (Å²) in [5.74, 6) is 0. The topological polar surface area (TPSA) is 26.7 Å². The second-order valence-corrected chi connectivity index (χ2v) is 2.28. The van der Waals surface area contributed by atoms with Gasteiger partial charge in [-0.25, -0.2) is 0 Å². The van der Waals surface area contributed by atoms with Gasteiger partial charge in [-0.3, -0.25) is 0 Å². The van der Waals surface area contributed by atoms with E-state index in [1.54, 1.807) is 7.05 Å². The van der Waals surface area contributed by atoms with Crippen LogP contribution in [-0.4, -0.2) is 48.9 Å². The normalized spacial score (nSPS) is 11.3. The monoisotopic (exact) mass is 132 g/mol. The Morgan fingerprint density at radius 3 is 2.11 bits per heavy atom. The van der Waals surface area contributed by atoms with Crippen molar-refractivity contribution in [2.24, 2.45) is 0 Å². The van der Waals surface area contributed by atoms with Crippen LogP contribution in [0.15, 0.2) is 0 Å². The van der Waals surface area contributed by atoms with E-state index in [2.05, 4.69) is 11.8 Å². The molecule has 0 aromatic heterocycles. The van der Waals surface area contributed by atoms with E-state index in [1.807, 2.05) is 7.05 Å². The minimum absolute atomic E-state index is 0.713. The Bertz CT molecular complexity index is 66.1. The lowest BCUT2D eigenvalue weighted by atomic mass is 10.5. The molecule has 0 heterocycles. The van der Waals surface area contributed by atoms with E-state index in [0.29, 0.717) is 6.54 Å². The molecule has 0 rings (SSSR count). The van der Waals surface area contributed by atoms with Crippen molar-refractivity contribution >= 4 is 0 Å². The van der Waals surface area contributed by atoms with Crippen molar-refractivity contribution in [3.8, 4) is 0 Å². The maximum Gasteiger partial charge on any atom is 0.0362 e. The fourth-order valence-electron chi connectivity index (χ4n) is 0.474. The number of nitrogens with zero attached hydrogens (tertiary/aromatic N) is 2. The van der Waals surface area contributed by atoms with Crippen LogP contribution in [0.5, 0.6) is 0 Å². The first-order chi connectivity index (χ1) is 4.16. The van der Waals surface area contributed by atoms with E-state index in [1.165, 1.54) is 5.06 Å². The third-order valence-electron chi connectivity index (χ3n) is 1.35. The van der Waals surface area contributed by atoms with Crippen LogP contribution in [0.4, 0.5) is 0 Å². The zero-order chi connectivity index (χ0) is 7.28. The Balaban J connectivity index is 3.06. The highest BCUT2D eigenvalue weighted by Crippen LogP contribution is 1.80. The maximum atomic E-state index is 8.70. The molecule has 0 aromatic rings. The summed E-state index contributed by atoms with van der Waals surface area (Å²) < 4.78 is 0. The summed E-state index contributed by atoms with van der Waals surface area (Å²) in [6, 6.07) is 0. The first-order valence-corrected chi connectivity index (χ1v) is 3.25. The van der Waals surface area contributed by atoms with Gasteiger partial charge >= 0.3 is 0 Å². The molecule has 0 amide bonds. The standard InChI is InChI=1S/C6H16N2O/c1-4-7(2)5-6-8(3)9/h9H,4-6H2,1-3H3. The van der Waals surface area contributed by atoms with Crippen LogP contribution in [0.25, 0.3) is 0 Å². The van der Waals surface area contributed by atoms with E-state index >= 15 is 0 Å². The molecular formula is C6H16N2O. The molecule has 0 aromatic carbocycles. The molecule has 0 unspecified atom stereocenters. The highest BCUT2D eigenvalue weighted by molar-refractivity contribution is 4.47. The van der Waals surface area contributed by atoms with Crippen molar-refractivity contribution in [2.75, 3.05) is 33.7 Å². The van der Waals surface area contributed by atoms with Crippen LogP contribution in [0.2, 0.25) is 0 Å². The number of likely N-dealkylation sites (N-methyl/N-ethyl adjacent to an activating group) is 2. The molecule has 56 valence electrons. The van der Waals surface area contributed by atoms with Gasteiger partial charge in [-0.2, -0.15) is 5.06 Å². The molecule has 0 spiro atoms. The van der Waals surface area contributed by atoms with Crippen LogP contribution in [-0.2, 0) is 0 Å². The molecule has 3 heteroatoms. The van der Waals surface area contributed by atoms with E-state index in [0.717, 1.165) is 13.1 Å². The first-order valence-electron chi connectivity index (χ1n) is 3.25. The second kappa shape index (κ2) is 4.73. The van der Waals surface area contributed by atoms with Crippen molar-refractivity contribution in [1.82, 2.24) is 9.96 Å². The Kier molecular flexibility index (Phi) is 4.67. The Morgan fingerprint density at radius 2 is 1.78 bits per heavy atom. The zero-order valence-electron chi connectivity index (χ0n) is 6.46. The zero-order valence-corrected chi connectivity index (χ0v) is 6.46. The molecule has 3 nitrogen and oxygen atoms in total. The summed E-state index contributed by atoms with van der Waals surface area (Å²) in [6.07, 6.45) is 0. The van der Waals surface area contributed by atoms with E-state index < -0.39 is 0 Å². The molecule has 0 aliphatic carbocycles. The van der Waals surface area contributed by atoms with Crippen LogP contribution >= 0.6 is 0 Å². The predicted octanol–water partition coefficient (Wildman–Crippen LogP) is 0.259. The minimum Gasteiger partial charge on any atom is -0.314 e. The number of hydroxylamine groups is 2. The second-order valence-electron chi connectivity index (χ2n) is 2.28. The molecule has 0 saturated carbocycles. The molecule has 0 aliphatic heterocycles. The van der Waals surface area contributed by atoms with Crippen LogP contribution in [0.3, 0.4) is 0 Å². The number of rotatable bonds is 4. The van der Waals surface area contributed by atoms with Crippen molar-refractivity contribution in [1.29, 1.82) is 0 Å². The Labute approximate surface area is 56.8 Å². The molecular weight excluding hydrogens is 116 g/mol. The van der Waals surface area contributed by atoms with Crippen molar-refractivity contribution in [2.45, 2.75) is 6.92 Å². The highest BCUT2D eigenvalue weighted by Gasteiger charge is 1.94. The van der Waals surface area contributed by atoms with Crippen molar-refractivity contribution in [3.63, 3.8) is 0 Å². The summed E-state index contributed by atoms with van der Waals surface area (Å²) in [6.45, 7) is 4.76. The van der Waals surface area contributed by atoms with Gasteiger partial charge in [0.2, 0.25) is 0 Å². The summed E-state index contributed by atoms with van der Waals surface area (Å²) in [7, 11) is 3.69. The molecule has 9 heavy (non-hydrogen) atoms. The van der Waals surface area contributed by atoms with Gasteiger partial charge in [-0.15, -0.1) is 0 Å². The van der Waals surface area contributed by atoms with E-state index in [-0.39, 0.29) is 0 Å². The van der Waals surface area contributed by atoms with Gasteiger partial charge in [-0.05, 0) is 13.6 Å². The lowest BCUT2D eigenvalue weighted by molar-refractivity contribution is -0.0681. The average Bonchev–Trinajstić information content (AvgIpc) is 1.83. The van der Waals surface area contributed by atoms with Gasteiger partial charge in [0.25, 0.3) is 0 Å². The highest BCUT2D eigenvalue weighted by atomic mass is 16.5. The average molecular weight is 132 g/mol. The van der Waals surface area contributed by atoms with Gasteiger partial charge < -0.3 is 10.1 Å². The largest absolute Gasteiger partial charge is 0.314 e. The maximum absolute atomic E-state index is 8.70. The van der Waals surface area contributed by atoms with Crippen LogP contribution < -0.4 is 0 Å². The molecule has 0 saturated heterocycles. The minimum atomic E-state index is 0.713. The van der Waals surface area contributed by atoms with Crippen molar-refractivity contribution in [3.05, 3.63) is 0 Å². The predicted molar refractivity (Wildman–Crippen MR) is 37.6 cm³/mol. The Morgan fingerprint density at radius 1 is 1.22 bits per heavy atom. The third-order valence-corrected chi connectivity index (χ3v) is 1.35. The summed E-state index contributed by atoms with van der Waals surface area (Å²) >= 11 is 0. The number of hydrogen-bond acceptors (Lipinski definition) is 3. The molecule has 0 radical (unpaired) electrons. The van der Waals surface area contributed by atoms with Gasteiger partial charge in [0.1, 0.15) is 0 Å². The lowest BCUT2D eigenvalue weighted by Gasteiger charge is -2.15. The molecule has 0 aliphatic rings.